The number of nitrogens with zero attached hydrogens (tertiary/aromatic N) is 3. The van der Waals surface area contributed by atoms with Gasteiger partial charge in [0.1, 0.15) is 5.75 Å². The van der Waals surface area contributed by atoms with E-state index in [0.717, 1.165) is 48.7 Å². The molecule has 1 aromatic heterocycles. The van der Waals surface area contributed by atoms with Gasteiger partial charge in [-0.25, -0.2) is 0 Å². The van der Waals surface area contributed by atoms with Crippen molar-refractivity contribution in [2.24, 2.45) is 4.99 Å². The third-order valence-corrected chi connectivity index (χ3v) is 5.20. The number of hydrogen-bond donors (Lipinski definition) is 1. The number of carbonyl (C=O) groups is 2. The fourth-order valence-electron chi connectivity index (χ4n) is 2.96. The molecule has 0 bridgehead atoms. The molecular formula is C18H22N4O3S. The molecule has 3 rings (SSSR count). The quantitative estimate of drug-likeness (QED) is 0.891. The lowest BCUT2D eigenvalue weighted by Gasteiger charge is -2.22. The Hall–Kier alpha value is -2.48. The summed E-state index contributed by atoms with van der Waals surface area (Å²) in [6.07, 6.45) is 5.42. The average molecular weight is 374 g/mol. The van der Waals surface area contributed by atoms with Crippen LogP contribution in [0.4, 0.5) is 0 Å². The molecule has 0 atom stereocenters. The van der Waals surface area contributed by atoms with E-state index in [1.807, 2.05) is 24.3 Å². The van der Waals surface area contributed by atoms with Crippen molar-refractivity contribution < 1.29 is 14.3 Å². The summed E-state index contributed by atoms with van der Waals surface area (Å²) in [6.45, 7) is 1.36. The molecule has 1 aromatic carbocycles. The second-order valence-corrected chi connectivity index (χ2v) is 7.17. The summed E-state index contributed by atoms with van der Waals surface area (Å²) >= 11 is 1.16. The van der Waals surface area contributed by atoms with Crippen LogP contribution >= 0.6 is 11.5 Å². The molecule has 7 nitrogen and oxygen atoms in total. The number of aromatic nitrogens is 2. The van der Waals surface area contributed by atoms with Gasteiger partial charge in [0.05, 0.1) is 12.8 Å². The van der Waals surface area contributed by atoms with Gasteiger partial charge in [-0.3, -0.25) is 9.59 Å². The first-order valence-corrected chi connectivity index (χ1v) is 9.45. The summed E-state index contributed by atoms with van der Waals surface area (Å²) in [7, 11) is 1.60. The Morgan fingerprint density at radius 1 is 1.23 bits per heavy atom. The molecule has 1 fully saturated rings. The number of rotatable bonds is 4. The maximum Gasteiger partial charge on any atom is 0.275 e. The minimum atomic E-state index is -0.359. The van der Waals surface area contributed by atoms with Gasteiger partial charge in [0, 0.05) is 13.0 Å². The van der Waals surface area contributed by atoms with Gasteiger partial charge in [-0.15, -0.1) is 5.10 Å². The maximum atomic E-state index is 12.7. The Labute approximate surface area is 155 Å². The minimum absolute atomic E-state index is 0.164. The summed E-state index contributed by atoms with van der Waals surface area (Å²) < 4.78 is 7.07. The molecule has 0 saturated heterocycles. The lowest BCUT2D eigenvalue weighted by molar-refractivity contribution is -0.116. The molecule has 1 aliphatic carbocycles. The monoisotopic (exact) mass is 374 g/mol. The normalized spacial score (nSPS) is 15.7. The van der Waals surface area contributed by atoms with E-state index in [9.17, 15) is 9.59 Å². The Morgan fingerprint density at radius 3 is 2.54 bits per heavy atom. The largest absolute Gasteiger partial charge is 0.497 e. The van der Waals surface area contributed by atoms with Crippen LogP contribution in [0.2, 0.25) is 0 Å². The summed E-state index contributed by atoms with van der Waals surface area (Å²) in [5, 5.41) is 7.42. The smallest absolute Gasteiger partial charge is 0.275 e. The summed E-state index contributed by atoms with van der Waals surface area (Å²) in [5.41, 5.74) is 0.958. The zero-order valence-corrected chi connectivity index (χ0v) is 15.7. The first kappa shape index (κ1) is 18.3. The first-order chi connectivity index (χ1) is 12.6. The van der Waals surface area contributed by atoms with Crippen molar-refractivity contribution in [1.29, 1.82) is 0 Å². The van der Waals surface area contributed by atoms with Crippen LogP contribution < -0.4 is 14.7 Å². The van der Waals surface area contributed by atoms with Gasteiger partial charge in [0.15, 0.2) is 10.4 Å². The molecule has 0 radical (unpaired) electrons. The van der Waals surface area contributed by atoms with Gasteiger partial charge in [0.25, 0.3) is 5.91 Å². The summed E-state index contributed by atoms with van der Waals surface area (Å²) in [6, 6.07) is 7.46. The van der Waals surface area contributed by atoms with Crippen molar-refractivity contribution in [1.82, 2.24) is 14.5 Å². The molecule has 0 aliphatic heterocycles. The fraction of sp³-hybridized carbons (Fsp3) is 0.444. The molecule has 26 heavy (non-hydrogen) atoms. The Bertz CT molecular complexity index is 848. The Balaban J connectivity index is 1.91. The summed E-state index contributed by atoms with van der Waals surface area (Å²) in [4.78, 5) is 28.1. The van der Waals surface area contributed by atoms with Crippen LogP contribution in [-0.2, 0) is 4.79 Å². The van der Waals surface area contributed by atoms with Gasteiger partial charge in [-0.2, -0.15) is 9.06 Å². The van der Waals surface area contributed by atoms with E-state index in [1.165, 1.54) is 13.3 Å². The number of carbonyl (C=O) groups excluding carboxylic acids is 2. The maximum absolute atomic E-state index is 12.7. The van der Waals surface area contributed by atoms with Crippen molar-refractivity contribution in [2.45, 2.75) is 45.1 Å². The van der Waals surface area contributed by atoms with Gasteiger partial charge < -0.3 is 10.1 Å². The molecule has 0 unspecified atom stereocenters. The minimum Gasteiger partial charge on any atom is -0.497 e. The predicted molar refractivity (Wildman–Crippen MR) is 98.6 cm³/mol. The van der Waals surface area contributed by atoms with Crippen molar-refractivity contribution >= 4 is 23.3 Å². The van der Waals surface area contributed by atoms with Crippen molar-refractivity contribution in [3.63, 3.8) is 0 Å². The Morgan fingerprint density at radius 2 is 1.92 bits per heavy atom. The van der Waals surface area contributed by atoms with E-state index in [1.54, 1.807) is 11.2 Å². The Kier molecular flexibility index (Phi) is 5.82. The number of nitrogens with one attached hydrogen (secondary N) is 1. The van der Waals surface area contributed by atoms with Gasteiger partial charge in [-0.05, 0) is 48.6 Å². The van der Waals surface area contributed by atoms with E-state index in [4.69, 9.17) is 4.74 Å². The highest BCUT2D eigenvalue weighted by Crippen LogP contribution is 2.18. The van der Waals surface area contributed by atoms with E-state index in [0.29, 0.717) is 4.67 Å². The predicted octanol–water partition coefficient (Wildman–Crippen LogP) is 2.45. The molecule has 2 amide bonds. The van der Waals surface area contributed by atoms with E-state index >= 15 is 0 Å². The van der Waals surface area contributed by atoms with Crippen molar-refractivity contribution in [3.05, 3.63) is 34.6 Å². The number of methoxy groups -OCH3 is 1. The van der Waals surface area contributed by atoms with Crippen LogP contribution in [0.3, 0.4) is 0 Å². The van der Waals surface area contributed by atoms with Crippen molar-refractivity contribution in [3.8, 4) is 11.4 Å². The number of amides is 2. The SMILES string of the molecule is COc1ccc(-n2nc(C(=O)NC3CCCCC3)c(=NC(C)=O)s2)cc1. The standard InChI is InChI=1S/C18H22N4O3S/c1-12(23)19-18-16(17(24)20-13-6-4-3-5-7-13)21-22(26-18)14-8-10-15(25-2)11-9-14/h8-11,13H,3-7H2,1-2H3,(H,20,24). The van der Waals surface area contributed by atoms with E-state index in [2.05, 4.69) is 15.4 Å². The third-order valence-electron chi connectivity index (χ3n) is 4.27. The van der Waals surface area contributed by atoms with Crippen LogP contribution in [0.1, 0.15) is 49.5 Å². The molecule has 1 aliphatic rings. The number of benzene rings is 1. The number of ether oxygens (including phenoxy) is 1. The molecule has 1 heterocycles. The van der Waals surface area contributed by atoms with Gasteiger partial charge in [0.2, 0.25) is 5.91 Å². The van der Waals surface area contributed by atoms with Crippen LogP contribution in [0.5, 0.6) is 5.75 Å². The zero-order valence-electron chi connectivity index (χ0n) is 14.9. The summed E-state index contributed by atoms with van der Waals surface area (Å²) in [5.74, 6) is 0.0949. The first-order valence-electron chi connectivity index (χ1n) is 8.68. The molecule has 8 heteroatoms. The van der Waals surface area contributed by atoms with Crippen LogP contribution in [0, 0.1) is 0 Å². The highest BCUT2D eigenvalue weighted by molar-refractivity contribution is 7.04. The van der Waals surface area contributed by atoms with Gasteiger partial charge >= 0.3 is 0 Å². The van der Waals surface area contributed by atoms with E-state index in [-0.39, 0.29) is 23.6 Å². The lowest BCUT2D eigenvalue weighted by Crippen LogP contribution is -2.38. The molecule has 1 saturated carbocycles. The molecular weight excluding hydrogens is 352 g/mol. The molecule has 138 valence electrons. The zero-order chi connectivity index (χ0) is 18.5. The number of hydrogen-bond acceptors (Lipinski definition) is 5. The lowest BCUT2D eigenvalue weighted by atomic mass is 9.95. The highest BCUT2D eigenvalue weighted by Gasteiger charge is 2.21. The van der Waals surface area contributed by atoms with Gasteiger partial charge in [-0.1, -0.05) is 19.3 Å². The highest BCUT2D eigenvalue weighted by atomic mass is 32.1. The van der Waals surface area contributed by atoms with Crippen LogP contribution in [0.15, 0.2) is 29.3 Å². The van der Waals surface area contributed by atoms with Crippen LogP contribution in [0.25, 0.3) is 5.69 Å². The molecule has 0 spiro atoms. The average Bonchev–Trinajstić information content (AvgIpc) is 3.06. The van der Waals surface area contributed by atoms with Crippen LogP contribution in [-0.4, -0.2) is 34.1 Å². The molecule has 1 N–H and O–H groups in total. The fourth-order valence-corrected chi connectivity index (χ4v) is 3.86. The second kappa shape index (κ2) is 8.27. The second-order valence-electron chi connectivity index (χ2n) is 6.26. The topological polar surface area (TPSA) is 85.6 Å². The van der Waals surface area contributed by atoms with E-state index < -0.39 is 0 Å². The molecule has 2 aromatic rings. The third kappa shape index (κ3) is 4.37. The van der Waals surface area contributed by atoms with Crippen molar-refractivity contribution in [2.75, 3.05) is 7.11 Å².